The topological polar surface area (TPSA) is 66.9 Å². The van der Waals surface area contributed by atoms with Crippen LogP contribution >= 0.6 is 15.9 Å². The van der Waals surface area contributed by atoms with Gasteiger partial charge in [0.15, 0.2) is 0 Å². The number of nitrogens with one attached hydrogen (secondary N) is 1. The first kappa shape index (κ1) is 19.0. The molecule has 146 valence electrons. The number of fused-ring (bicyclic) bond motifs is 1. The molecule has 6 heteroatoms. The van der Waals surface area contributed by atoms with Gasteiger partial charge in [0.25, 0.3) is 0 Å². The summed E-state index contributed by atoms with van der Waals surface area (Å²) in [4.78, 5) is 14.3. The molecule has 1 aliphatic heterocycles. The van der Waals surface area contributed by atoms with Crippen molar-refractivity contribution in [3.63, 3.8) is 0 Å². The molecule has 0 bridgehead atoms. The van der Waals surface area contributed by atoms with Gasteiger partial charge in [-0.2, -0.15) is 0 Å². The predicted molar refractivity (Wildman–Crippen MR) is 109 cm³/mol. The molecule has 2 unspecified atom stereocenters. The van der Waals surface area contributed by atoms with Gasteiger partial charge in [0, 0.05) is 11.5 Å². The lowest BCUT2D eigenvalue weighted by atomic mass is 9.99. The van der Waals surface area contributed by atoms with Crippen molar-refractivity contribution in [1.29, 1.82) is 0 Å². The highest BCUT2D eigenvalue weighted by atomic mass is 79.9. The van der Waals surface area contributed by atoms with E-state index in [1.54, 1.807) is 6.07 Å². The Bertz CT molecular complexity index is 1060. The summed E-state index contributed by atoms with van der Waals surface area (Å²) in [6.45, 7) is 4.89. The molecule has 1 saturated heterocycles. The average molecular weight is 444 g/mol. The van der Waals surface area contributed by atoms with Crippen molar-refractivity contribution in [2.24, 2.45) is 5.92 Å². The van der Waals surface area contributed by atoms with Crippen LogP contribution in [-0.4, -0.2) is 13.1 Å². The number of hydrogen-bond donors (Lipinski definition) is 1. The molecule has 0 aliphatic carbocycles. The van der Waals surface area contributed by atoms with Crippen LogP contribution in [-0.2, 0) is 6.54 Å². The van der Waals surface area contributed by atoms with E-state index in [0.29, 0.717) is 34.7 Å². The van der Waals surface area contributed by atoms with Gasteiger partial charge in [0.1, 0.15) is 24.1 Å². The Hall–Kier alpha value is -2.31. The van der Waals surface area contributed by atoms with Crippen LogP contribution in [0.3, 0.4) is 0 Å². The fourth-order valence-corrected chi connectivity index (χ4v) is 4.28. The van der Waals surface area contributed by atoms with Gasteiger partial charge in [0.2, 0.25) is 11.2 Å². The van der Waals surface area contributed by atoms with Crippen molar-refractivity contribution in [2.45, 2.75) is 26.3 Å². The third-order valence-electron chi connectivity index (χ3n) is 5.32. The molecule has 1 aromatic heterocycles. The molecular weight excluding hydrogens is 422 g/mol. The minimum Gasteiger partial charge on any atom is -0.872 e. The first-order chi connectivity index (χ1) is 13.5. The molecule has 4 rings (SSSR count). The van der Waals surface area contributed by atoms with Gasteiger partial charge in [-0.15, -0.1) is 0 Å². The maximum Gasteiger partial charge on any atom is 0.235 e. The number of benzene rings is 2. The van der Waals surface area contributed by atoms with Crippen LogP contribution in [0.2, 0.25) is 0 Å². The summed E-state index contributed by atoms with van der Waals surface area (Å²) in [7, 11) is 0. The number of likely N-dealkylation sites (tertiary alicyclic amines) is 1. The van der Waals surface area contributed by atoms with Crippen LogP contribution < -0.4 is 20.2 Å². The molecule has 3 aromatic rings. The number of ether oxygens (including phenoxy) is 1. The second kappa shape index (κ2) is 7.97. The monoisotopic (exact) mass is 443 g/mol. The normalized spacial score (nSPS) is 19.6. The number of rotatable bonds is 4. The predicted octanol–water partition coefficient (Wildman–Crippen LogP) is 3.24. The van der Waals surface area contributed by atoms with Crippen molar-refractivity contribution >= 4 is 26.9 Å². The Morgan fingerprint density at radius 1 is 1.25 bits per heavy atom. The number of quaternary nitrogens is 1. The van der Waals surface area contributed by atoms with Gasteiger partial charge in [-0.3, -0.25) is 4.79 Å². The molecule has 2 atom stereocenters. The summed E-state index contributed by atoms with van der Waals surface area (Å²) >= 11 is 3.41. The molecule has 0 spiro atoms. The summed E-state index contributed by atoms with van der Waals surface area (Å²) in [6.07, 6.45) is 3.69. The Balaban J connectivity index is 1.70. The Labute approximate surface area is 171 Å². The molecule has 1 N–H and O–H groups in total. The van der Waals surface area contributed by atoms with E-state index in [0.717, 1.165) is 24.0 Å². The van der Waals surface area contributed by atoms with E-state index in [2.05, 4.69) is 22.9 Å². The maximum absolute atomic E-state index is 12.9. The summed E-state index contributed by atoms with van der Waals surface area (Å²) in [5, 5.41) is 12.9. The highest BCUT2D eigenvalue weighted by molar-refractivity contribution is 9.10. The maximum atomic E-state index is 12.9. The van der Waals surface area contributed by atoms with Crippen LogP contribution in [0.15, 0.2) is 56.3 Å². The molecule has 5 nitrogen and oxygen atoms in total. The molecule has 28 heavy (non-hydrogen) atoms. The summed E-state index contributed by atoms with van der Waals surface area (Å²) in [5.74, 6) is 1.19. The van der Waals surface area contributed by atoms with Crippen LogP contribution in [0.4, 0.5) is 0 Å². The highest BCUT2D eigenvalue weighted by Gasteiger charge is 2.22. The fourth-order valence-electron chi connectivity index (χ4n) is 3.91. The van der Waals surface area contributed by atoms with Crippen LogP contribution in [0.1, 0.15) is 25.3 Å². The number of piperidine rings is 1. The van der Waals surface area contributed by atoms with Gasteiger partial charge in [-0.1, -0.05) is 30.9 Å². The molecule has 0 saturated carbocycles. The molecule has 0 radical (unpaired) electrons. The molecule has 1 fully saturated rings. The van der Waals surface area contributed by atoms with Crippen LogP contribution in [0.25, 0.3) is 11.0 Å². The molecular formula is C22H22BrNO4. The molecule has 1 aliphatic rings. The zero-order valence-corrected chi connectivity index (χ0v) is 17.3. The summed E-state index contributed by atoms with van der Waals surface area (Å²) < 4.78 is 12.3. The second-order valence-corrected chi connectivity index (χ2v) is 8.36. The third-order valence-corrected chi connectivity index (χ3v) is 5.97. The SMILES string of the molecule is CC1CCC[NH+](Cc2c([O-])ccc3c(=O)c(Oc4ccccc4Br)coc23)C1. The van der Waals surface area contributed by atoms with Gasteiger partial charge in [0.05, 0.1) is 22.9 Å². The van der Waals surface area contributed by atoms with Gasteiger partial charge >= 0.3 is 0 Å². The lowest BCUT2D eigenvalue weighted by Gasteiger charge is -2.29. The van der Waals surface area contributed by atoms with Crippen molar-refractivity contribution in [3.8, 4) is 17.2 Å². The highest BCUT2D eigenvalue weighted by Crippen LogP contribution is 2.30. The first-order valence-corrected chi connectivity index (χ1v) is 10.3. The van der Waals surface area contributed by atoms with E-state index in [4.69, 9.17) is 9.15 Å². The van der Waals surface area contributed by atoms with E-state index < -0.39 is 0 Å². The number of hydrogen-bond acceptors (Lipinski definition) is 4. The van der Waals surface area contributed by atoms with Crippen molar-refractivity contribution in [3.05, 3.63) is 62.9 Å². The van der Waals surface area contributed by atoms with Crippen LogP contribution in [0, 0.1) is 5.92 Å². The molecule has 2 heterocycles. The number of para-hydroxylation sites is 1. The molecule has 2 aromatic carbocycles. The van der Waals surface area contributed by atoms with Crippen LogP contribution in [0.5, 0.6) is 17.2 Å². The van der Waals surface area contributed by atoms with E-state index in [9.17, 15) is 9.90 Å². The smallest absolute Gasteiger partial charge is 0.235 e. The second-order valence-electron chi connectivity index (χ2n) is 7.51. The minimum absolute atomic E-state index is 0.0825. The lowest BCUT2D eigenvalue weighted by Crippen LogP contribution is -3.12. The number of halogens is 1. The largest absolute Gasteiger partial charge is 0.872 e. The first-order valence-electron chi connectivity index (χ1n) is 9.53. The molecule has 0 amide bonds. The van der Waals surface area contributed by atoms with E-state index in [1.807, 2.05) is 18.2 Å². The quantitative estimate of drug-likeness (QED) is 0.671. The van der Waals surface area contributed by atoms with Gasteiger partial charge in [-0.05, 0) is 47.0 Å². The van der Waals surface area contributed by atoms with E-state index in [1.165, 1.54) is 29.7 Å². The summed E-state index contributed by atoms with van der Waals surface area (Å²) in [6, 6.07) is 10.3. The van der Waals surface area contributed by atoms with Gasteiger partial charge in [-0.25, -0.2) is 0 Å². The Kier molecular flexibility index (Phi) is 5.42. The van der Waals surface area contributed by atoms with Crippen molar-refractivity contribution < 1.29 is 19.2 Å². The third kappa shape index (κ3) is 3.80. The minimum atomic E-state index is -0.278. The van der Waals surface area contributed by atoms with Gasteiger partial charge < -0.3 is 19.2 Å². The Morgan fingerprint density at radius 3 is 2.86 bits per heavy atom. The average Bonchev–Trinajstić information content (AvgIpc) is 2.68. The zero-order valence-electron chi connectivity index (χ0n) is 15.7. The lowest BCUT2D eigenvalue weighted by molar-refractivity contribution is -0.922. The van der Waals surface area contributed by atoms with E-state index >= 15 is 0 Å². The van der Waals surface area contributed by atoms with Crippen molar-refractivity contribution in [2.75, 3.05) is 13.1 Å². The standard InChI is InChI=1S/C22H22BrNO4/c1-14-5-4-10-24(11-14)12-16-18(25)9-8-15-21(26)20(13-27-22(15)16)28-19-7-3-2-6-17(19)23/h2-3,6-9,13-14,25H,4-5,10-12H2,1H3. The Morgan fingerprint density at radius 2 is 2.07 bits per heavy atom. The summed E-state index contributed by atoms with van der Waals surface area (Å²) in [5.41, 5.74) is 0.675. The zero-order chi connectivity index (χ0) is 19.7. The van der Waals surface area contributed by atoms with Crippen molar-refractivity contribution in [1.82, 2.24) is 0 Å². The fraction of sp³-hybridized carbons (Fsp3) is 0.318. The van der Waals surface area contributed by atoms with E-state index in [-0.39, 0.29) is 16.9 Å².